The number of aromatic nitrogens is 4. The fourth-order valence-corrected chi connectivity index (χ4v) is 2.42. The molecule has 3 rings (SSSR count). The highest BCUT2D eigenvalue weighted by Crippen LogP contribution is 2.13. The van der Waals surface area contributed by atoms with Crippen LogP contribution in [0.3, 0.4) is 0 Å². The van der Waals surface area contributed by atoms with Gasteiger partial charge in [-0.3, -0.25) is 18.7 Å². The van der Waals surface area contributed by atoms with Crippen molar-refractivity contribution in [1.82, 2.24) is 18.7 Å². The van der Waals surface area contributed by atoms with Crippen molar-refractivity contribution < 1.29 is 9.18 Å². The van der Waals surface area contributed by atoms with Gasteiger partial charge in [-0.15, -0.1) is 0 Å². The van der Waals surface area contributed by atoms with Crippen LogP contribution in [0.1, 0.15) is 0 Å². The topological polar surface area (TPSA) is 90.9 Å². The second kappa shape index (κ2) is 5.76. The number of para-hydroxylation sites is 1. The van der Waals surface area contributed by atoms with Crippen LogP contribution in [0.5, 0.6) is 0 Å². The third kappa shape index (κ3) is 2.49. The van der Waals surface area contributed by atoms with E-state index in [0.717, 1.165) is 4.57 Å². The Morgan fingerprint density at radius 3 is 2.62 bits per heavy atom. The molecule has 0 unspecified atom stereocenters. The fraction of sp³-hybridized carbons (Fsp3) is 0.200. The van der Waals surface area contributed by atoms with Gasteiger partial charge in [-0.2, -0.15) is 0 Å². The van der Waals surface area contributed by atoms with Crippen molar-refractivity contribution in [2.75, 3.05) is 5.32 Å². The third-order valence-electron chi connectivity index (χ3n) is 3.68. The van der Waals surface area contributed by atoms with Gasteiger partial charge in [0, 0.05) is 14.1 Å². The number of nitrogens with zero attached hydrogens (tertiary/aromatic N) is 4. The molecule has 24 heavy (non-hydrogen) atoms. The van der Waals surface area contributed by atoms with Crippen LogP contribution in [0.25, 0.3) is 11.2 Å². The first kappa shape index (κ1) is 15.7. The summed E-state index contributed by atoms with van der Waals surface area (Å²) in [4.78, 5) is 40.3. The maximum atomic E-state index is 13.6. The summed E-state index contributed by atoms with van der Waals surface area (Å²) in [5.74, 6) is -1.07. The molecule has 0 saturated heterocycles. The summed E-state index contributed by atoms with van der Waals surface area (Å²) >= 11 is 0. The number of aryl methyl sites for hydroxylation is 1. The van der Waals surface area contributed by atoms with Gasteiger partial charge in [0.05, 0.1) is 12.0 Å². The standard InChI is InChI=1S/C15H14FN5O3/c1-19-13-12(14(23)20(2)15(19)24)21(8-17-13)7-11(22)18-10-6-4-3-5-9(10)16/h3-6,8H,7H2,1-2H3,(H,18,22). The summed E-state index contributed by atoms with van der Waals surface area (Å²) < 4.78 is 17.1. The third-order valence-corrected chi connectivity index (χ3v) is 3.68. The van der Waals surface area contributed by atoms with Crippen LogP contribution in [-0.2, 0) is 25.4 Å². The molecule has 0 radical (unpaired) electrons. The SMILES string of the molecule is Cn1c(=O)c2c(ncn2CC(=O)Nc2ccccc2F)n(C)c1=O. The molecule has 1 aromatic carbocycles. The maximum absolute atomic E-state index is 13.6. The number of halogens is 1. The first-order valence-corrected chi connectivity index (χ1v) is 7.05. The zero-order valence-corrected chi connectivity index (χ0v) is 13.0. The zero-order chi connectivity index (χ0) is 17.4. The van der Waals surface area contributed by atoms with Gasteiger partial charge in [0.2, 0.25) is 5.91 Å². The van der Waals surface area contributed by atoms with Gasteiger partial charge in [0.1, 0.15) is 12.4 Å². The quantitative estimate of drug-likeness (QED) is 0.743. The highest BCUT2D eigenvalue weighted by atomic mass is 19.1. The predicted molar refractivity (Wildman–Crippen MR) is 85.2 cm³/mol. The molecule has 0 bridgehead atoms. The Hall–Kier alpha value is -3.23. The molecule has 1 N–H and O–H groups in total. The molecule has 2 heterocycles. The summed E-state index contributed by atoms with van der Waals surface area (Å²) in [5.41, 5.74) is -0.699. The predicted octanol–water partition coefficient (Wildman–Crippen LogP) is 0.211. The Bertz CT molecular complexity index is 1060. The Labute approximate surface area is 134 Å². The van der Waals surface area contributed by atoms with Gasteiger partial charge >= 0.3 is 5.69 Å². The lowest BCUT2D eigenvalue weighted by molar-refractivity contribution is -0.116. The van der Waals surface area contributed by atoms with E-state index in [2.05, 4.69) is 10.3 Å². The Kier molecular flexibility index (Phi) is 3.76. The van der Waals surface area contributed by atoms with E-state index in [4.69, 9.17) is 0 Å². The number of amides is 1. The van der Waals surface area contributed by atoms with Crippen molar-refractivity contribution in [3.8, 4) is 0 Å². The molecular weight excluding hydrogens is 317 g/mol. The lowest BCUT2D eigenvalue weighted by atomic mass is 10.3. The summed E-state index contributed by atoms with van der Waals surface area (Å²) in [7, 11) is 2.84. The van der Waals surface area contributed by atoms with Crippen LogP contribution in [0.4, 0.5) is 10.1 Å². The highest BCUT2D eigenvalue weighted by Gasteiger charge is 2.16. The van der Waals surface area contributed by atoms with Gasteiger partial charge in [0.15, 0.2) is 11.2 Å². The summed E-state index contributed by atoms with van der Waals surface area (Å²) in [6.45, 7) is -0.238. The lowest BCUT2D eigenvalue weighted by Crippen LogP contribution is -2.37. The van der Waals surface area contributed by atoms with E-state index < -0.39 is 23.0 Å². The number of carbonyl (C=O) groups excluding carboxylic acids is 1. The van der Waals surface area contributed by atoms with E-state index in [0.29, 0.717) is 0 Å². The summed E-state index contributed by atoms with van der Waals surface area (Å²) in [6.07, 6.45) is 1.30. The van der Waals surface area contributed by atoms with Crippen molar-refractivity contribution >= 4 is 22.8 Å². The number of nitrogens with one attached hydrogen (secondary N) is 1. The van der Waals surface area contributed by atoms with E-state index in [9.17, 15) is 18.8 Å². The molecule has 124 valence electrons. The van der Waals surface area contributed by atoms with E-state index in [1.165, 1.54) is 47.8 Å². The molecular formula is C15H14FN5O3. The van der Waals surface area contributed by atoms with Crippen LogP contribution in [0.2, 0.25) is 0 Å². The van der Waals surface area contributed by atoms with Crippen molar-refractivity contribution in [1.29, 1.82) is 0 Å². The average Bonchev–Trinajstić information content (AvgIpc) is 2.96. The zero-order valence-electron chi connectivity index (χ0n) is 13.0. The minimum Gasteiger partial charge on any atom is -0.322 e. The second-order valence-corrected chi connectivity index (χ2v) is 5.28. The molecule has 0 saturated carbocycles. The number of benzene rings is 1. The number of hydrogen-bond donors (Lipinski definition) is 1. The van der Waals surface area contributed by atoms with Crippen LogP contribution < -0.4 is 16.6 Å². The van der Waals surface area contributed by atoms with Crippen LogP contribution in [-0.4, -0.2) is 24.6 Å². The van der Waals surface area contributed by atoms with E-state index >= 15 is 0 Å². The molecule has 0 aliphatic heterocycles. The Morgan fingerprint density at radius 1 is 1.21 bits per heavy atom. The van der Waals surface area contributed by atoms with E-state index in [-0.39, 0.29) is 23.4 Å². The van der Waals surface area contributed by atoms with Gasteiger partial charge < -0.3 is 9.88 Å². The van der Waals surface area contributed by atoms with Crippen molar-refractivity contribution in [2.45, 2.75) is 6.54 Å². The monoisotopic (exact) mass is 331 g/mol. The maximum Gasteiger partial charge on any atom is 0.332 e. The smallest absolute Gasteiger partial charge is 0.322 e. The normalized spacial score (nSPS) is 11.0. The van der Waals surface area contributed by atoms with Crippen molar-refractivity contribution in [3.63, 3.8) is 0 Å². The number of hydrogen-bond acceptors (Lipinski definition) is 4. The number of fused-ring (bicyclic) bond motifs is 1. The number of rotatable bonds is 3. The Morgan fingerprint density at radius 2 is 1.92 bits per heavy atom. The molecule has 0 spiro atoms. The first-order valence-electron chi connectivity index (χ1n) is 7.05. The number of anilines is 1. The number of imidazole rings is 1. The average molecular weight is 331 g/mol. The molecule has 9 heteroatoms. The summed E-state index contributed by atoms with van der Waals surface area (Å²) in [6, 6.07) is 5.77. The van der Waals surface area contributed by atoms with Crippen LogP contribution >= 0.6 is 0 Å². The molecule has 0 aliphatic carbocycles. The van der Waals surface area contributed by atoms with Crippen LogP contribution in [0.15, 0.2) is 40.2 Å². The summed E-state index contributed by atoms with van der Waals surface area (Å²) in [5, 5.41) is 2.43. The molecule has 8 nitrogen and oxygen atoms in total. The molecule has 0 fully saturated rings. The molecule has 0 atom stereocenters. The van der Waals surface area contributed by atoms with Crippen LogP contribution in [0, 0.1) is 5.82 Å². The van der Waals surface area contributed by atoms with Gasteiger partial charge in [-0.05, 0) is 12.1 Å². The Balaban J connectivity index is 1.97. The molecule has 3 aromatic rings. The van der Waals surface area contributed by atoms with Crippen molar-refractivity contribution in [2.24, 2.45) is 14.1 Å². The minimum absolute atomic E-state index is 0.0484. The van der Waals surface area contributed by atoms with Gasteiger partial charge in [-0.25, -0.2) is 14.2 Å². The van der Waals surface area contributed by atoms with E-state index in [1.807, 2.05) is 0 Å². The fourth-order valence-electron chi connectivity index (χ4n) is 2.42. The molecule has 1 amide bonds. The largest absolute Gasteiger partial charge is 0.332 e. The van der Waals surface area contributed by atoms with E-state index in [1.54, 1.807) is 6.07 Å². The highest BCUT2D eigenvalue weighted by molar-refractivity contribution is 5.91. The van der Waals surface area contributed by atoms with Gasteiger partial charge in [0.25, 0.3) is 5.56 Å². The molecule has 0 aliphatic rings. The lowest BCUT2D eigenvalue weighted by Gasteiger charge is -2.08. The first-order chi connectivity index (χ1) is 11.4. The second-order valence-electron chi connectivity index (χ2n) is 5.28. The molecule has 2 aromatic heterocycles. The van der Waals surface area contributed by atoms with Crippen molar-refractivity contribution in [3.05, 3.63) is 57.2 Å². The minimum atomic E-state index is -0.556. The van der Waals surface area contributed by atoms with Gasteiger partial charge in [-0.1, -0.05) is 12.1 Å². The number of carbonyl (C=O) groups is 1.